The molecule has 1 aromatic rings. The molecular formula is C16H28N2O2S. The standard InChI is InChI=1S/C16H28N2O2S/c1-10(2)14(11(3)4)7-17-16(19)9-21-8-15-12(5)18-20-13(15)6/h10-11,14H,7-9H2,1-6H3,(H,17,19). The maximum atomic E-state index is 11.9. The van der Waals surface area contributed by atoms with E-state index >= 15 is 0 Å². The number of aryl methyl sites for hydroxylation is 2. The van der Waals surface area contributed by atoms with Crippen molar-refractivity contribution >= 4 is 17.7 Å². The van der Waals surface area contributed by atoms with Crippen LogP contribution >= 0.6 is 11.8 Å². The molecule has 0 saturated carbocycles. The number of carbonyl (C=O) groups excluding carboxylic acids is 1. The summed E-state index contributed by atoms with van der Waals surface area (Å²) in [5.74, 6) is 3.90. The molecule has 0 fully saturated rings. The van der Waals surface area contributed by atoms with E-state index in [1.165, 1.54) is 0 Å². The molecule has 0 saturated heterocycles. The van der Waals surface area contributed by atoms with Crippen LogP contribution in [0.2, 0.25) is 0 Å². The van der Waals surface area contributed by atoms with E-state index in [2.05, 4.69) is 38.2 Å². The predicted molar refractivity (Wildman–Crippen MR) is 88.3 cm³/mol. The molecule has 0 aliphatic rings. The number of thioether (sulfide) groups is 1. The Morgan fingerprint density at radius 3 is 2.33 bits per heavy atom. The highest BCUT2D eigenvalue weighted by atomic mass is 32.2. The molecule has 0 bridgehead atoms. The van der Waals surface area contributed by atoms with Crippen LogP contribution in [0.4, 0.5) is 0 Å². The molecule has 1 amide bonds. The second-order valence-electron chi connectivity index (χ2n) is 6.25. The zero-order valence-corrected chi connectivity index (χ0v) is 14.8. The lowest BCUT2D eigenvalue weighted by Crippen LogP contribution is -2.34. The van der Waals surface area contributed by atoms with Gasteiger partial charge in [-0.15, -0.1) is 11.8 Å². The van der Waals surface area contributed by atoms with Gasteiger partial charge in [-0.1, -0.05) is 32.9 Å². The molecule has 0 atom stereocenters. The Morgan fingerprint density at radius 1 is 1.24 bits per heavy atom. The highest BCUT2D eigenvalue weighted by Crippen LogP contribution is 2.20. The van der Waals surface area contributed by atoms with Crippen molar-refractivity contribution in [2.45, 2.75) is 47.3 Å². The van der Waals surface area contributed by atoms with E-state index in [-0.39, 0.29) is 5.91 Å². The fraction of sp³-hybridized carbons (Fsp3) is 0.750. The van der Waals surface area contributed by atoms with Crippen molar-refractivity contribution in [3.05, 3.63) is 17.0 Å². The van der Waals surface area contributed by atoms with Gasteiger partial charge >= 0.3 is 0 Å². The first kappa shape index (κ1) is 18.1. The van der Waals surface area contributed by atoms with Crippen LogP contribution in [0, 0.1) is 31.6 Å². The number of carbonyl (C=O) groups is 1. The Hall–Kier alpha value is -0.970. The summed E-state index contributed by atoms with van der Waals surface area (Å²) >= 11 is 1.60. The van der Waals surface area contributed by atoms with Crippen molar-refractivity contribution in [3.8, 4) is 0 Å². The van der Waals surface area contributed by atoms with Gasteiger partial charge in [0, 0.05) is 17.9 Å². The van der Waals surface area contributed by atoms with E-state index in [9.17, 15) is 4.79 Å². The zero-order chi connectivity index (χ0) is 16.0. The van der Waals surface area contributed by atoms with E-state index in [1.54, 1.807) is 11.8 Å². The maximum Gasteiger partial charge on any atom is 0.230 e. The number of hydrogen-bond acceptors (Lipinski definition) is 4. The average molecular weight is 312 g/mol. The number of amides is 1. The summed E-state index contributed by atoms with van der Waals surface area (Å²) in [5, 5.41) is 6.98. The van der Waals surface area contributed by atoms with Crippen LogP contribution in [-0.2, 0) is 10.5 Å². The van der Waals surface area contributed by atoms with Crippen molar-refractivity contribution in [2.24, 2.45) is 17.8 Å². The summed E-state index contributed by atoms with van der Waals surface area (Å²) in [6.07, 6.45) is 0. The molecule has 0 unspecified atom stereocenters. The molecule has 21 heavy (non-hydrogen) atoms. The van der Waals surface area contributed by atoms with Gasteiger partial charge in [0.15, 0.2) is 0 Å². The van der Waals surface area contributed by atoms with Crippen LogP contribution in [0.25, 0.3) is 0 Å². The Morgan fingerprint density at radius 2 is 1.86 bits per heavy atom. The minimum absolute atomic E-state index is 0.109. The number of rotatable bonds is 8. The second kappa shape index (κ2) is 8.47. The van der Waals surface area contributed by atoms with E-state index in [1.807, 2.05) is 13.8 Å². The van der Waals surface area contributed by atoms with Crippen LogP contribution in [0.15, 0.2) is 4.52 Å². The van der Waals surface area contributed by atoms with E-state index in [0.29, 0.717) is 23.5 Å². The van der Waals surface area contributed by atoms with Crippen LogP contribution in [0.1, 0.15) is 44.7 Å². The first-order valence-electron chi connectivity index (χ1n) is 7.59. The van der Waals surface area contributed by atoms with Gasteiger partial charge in [-0.25, -0.2) is 0 Å². The fourth-order valence-corrected chi connectivity index (χ4v) is 3.48. The molecule has 0 spiro atoms. The van der Waals surface area contributed by atoms with Gasteiger partial charge in [-0.05, 0) is 31.6 Å². The first-order valence-corrected chi connectivity index (χ1v) is 8.74. The van der Waals surface area contributed by atoms with Crippen LogP contribution in [0.3, 0.4) is 0 Å². The molecule has 0 aliphatic heterocycles. The Kier molecular flexibility index (Phi) is 7.29. The maximum absolute atomic E-state index is 11.9. The Balaban J connectivity index is 2.31. The Bertz CT molecular complexity index is 428. The minimum Gasteiger partial charge on any atom is -0.361 e. The number of hydrogen-bond donors (Lipinski definition) is 1. The minimum atomic E-state index is 0.109. The normalized spacial score (nSPS) is 11.7. The first-order chi connectivity index (χ1) is 9.82. The summed E-state index contributed by atoms with van der Waals surface area (Å²) in [7, 11) is 0. The SMILES string of the molecule is Cc1noc(C)c1CSCC(=O)NCC(C(C)C)C(C)C. The van der Waals surface area contributed by atoms with Crippen molar-refractivity contribution in [2.75, 3.05) is 12.3 Å². The molecule has 4 nitrogen and oxygen atoms in total. The molecule has 1 heterocycles. The average Bonchev–Trinajstić information content (AvgIpc) is 2.69. The van der Waals surface area contributed by atoms with Crippen molar-refractivity contribution in [1.82, 2.24) is 10.5 Å². The molecule has 0 aliphatic carbocycles. The van der Waals surface area contributed by atoms with Crippen LogP contribution in [-0.4, -0.2) is 23.4 Å². The van der Waals surface area contributed by atoms with Crippen LogP contribution < -0.4 is 5.32 Å². The van der Waals surface area contributed by atoms with Gasteiger partial charge in [0.1, 0.15) is 5.76 Å². The van der Waals surface area contributed by atoms with Gasteiger partial charge < -0.3 is 9.84 Å². The van der Waals surface area contributed by atoms with Crippen molar-refractivity contribution < 1.29 is 9.32 Å². The van der Waals surface area contributed by atoms with Gasteiger partial charge in [-0.2, -0.15) is 0 Å². The van der Waals surface area contributed by atoms with E-state index < -0.39 is 0 Å². The summed E-state index contributed by atoms with van der Waals surface area (Å²) < 4.78 is 5.12. The molecule has 120 valence electrons. The molecule has 1 N–H and O–H groups in total. The smallest absolute Gasteiger partial charge is 0.230 e. The number of aromatic nitrogens is 1. The third-order valence-electron chi connectivity index (χ3n) is 3.91. The molecule has 1 aromatic heterocycles. The third-order valence-corrected chi connectivity index (χ3v) is 4.87. The molecule has 0 aromatic carbocycles. The monoisotopic (exact) mass is 312 g/mol. The van der Waals surface area contributed by atoms with Gasteiger partial charge in [-0.3, -0.25) is 4.79 Å². The van der Waals surface area contributed by atoms with Crippen LogP contribution in [0.5, 0.6) is 0 Å². The Labute approximate surface area is 132 Å². The van der Waals surface area contributed by atoms with Gasteiger partial charge in [0.25, 0.3) is 0 Å². The fourth-order valence-electron chi connectivity index (χ4n) is 2.48. The van der Waals surface area contributed by atoms with Crippen molar-refractivity contribution in [3.63, 3.8) is 0 Å². The largest absolute Gasteiger partial charge is 0.361 e. The predicted octanol–water partition coefficient (Wildman–Crippen LogP) is 3.57. The topological polar surface area (TPSA) is 55.1 Å². The second-order valence-corrected chi connectivity index (χ2v) is 7.24. The summed E-state index contributed by atoms with van der Waals surface area (Å²) in [4.78, 5) is 11.9. The molecule has 1 rings (SSSR count). The number of nitrogens with one attached hydrogen (secondary N) is 1. The number of nitrogens with zero attached hydrogens (tertiary/aromatic N) is 1. The quantitative estimate of drug-likeness (QED) is 0.797. The third kappa shape index (κ3) is 5.73. The van der Waals surface area contributed by atoms with E-state index in [0.717, 1.165) is 29.3 Å². The molecule has 0 radical (unpaired) electrons. The molecule has 5 heteroatoms. The lowest BCUT2D eigenvalue weighted by molar-refractivity contribution is -0.118. The highest BCUT2D eigenvalue weighted by Gasteiger charge is 2.18. The zero-order valence-electron chi connectivity index (χ0n) is 14.0. The van der Waals surface area contributed by atoms with Gasteiger partial charge in [0.05, 0.1) is 11.4 Å². The summed E-state index contributed by atoms with van der Waals surface area (Å²) in [6, 6.07) is 0. The highest BCUT2D eigenvalue weighted by molar-refractivity contribution is 7.99. The summed E-state index contributed by atoms with van der Waals surface area (Å²) in [6.45, 7) is 13.5. The van der Waals surface area contributed by atoms with Gasteiger partial charge in [0.2, 0.25) is 5.91 Å². The lowest BCUT2D eigenvalue weighted by atomic mass is 9.85. The molecular weight excluding hydrogens is 284 g/mol. The van der Waals surface area contributed by atoms with Crippen molar-refractivity contribution in [1.29, 1.82) is 0 Å². The summed E-state index contributed by atoms with van der Waals surface area (Å²) in [5.41, 5.74) is 2.02. The lowest BCUT2D eigenvalue weighted by Gasteiger charge is -2.25. The van der Waals surface area contributed by atoms with E-state index in [4.69, 9.17) is 4.52 Å².